The molecule has 2 aromatic heterocycles. The fourth-order valence-electron chi connectivity index (χ4n) is 2.47. The maximum absolute atomic E-state index is 11.9. The van der Waals surface area contributed by atoms with E-state index < -0.39 is 0 Å². The van der Waals surface area contributed by atoms with Crippen LogP contribution in [-0.4, -0.2) is 15.0 Å². The molecule has 0 aromatic carbocycles. The van der Waals surface area contributed by atoms with Crippen LogP contribution in [0.3, 0.4) is 0 Å². The first-order chi connectivity index (χ1) is 8.24. The standard InChI is InChI=1S/C12H14N4O/c13-9-6-5-8-11(15-9)16-10(12(17)14-8)7-3-1-2-4-7/h5-7H,1-4H2,(H,14,17)(H2,13,15,16). The zero-order valence-corrected chi connectivity index (χ0v) is 9.44. The van der Waals surface area contributed by atoms with Crippen LogP contribution >= 0.6 is 0 Å². The van der Waals surface area contributed by atoms with Gasteiger partial charge in [-0.2, -0.15) is 0 Å². The third kappa shape index (κ3) is 1.77. The molecule has 3 N–H and O–H groups in total. The van der Waals surface area contributed by atoms with E-state index in [1.165, 1.54) is 12.8 Å². The Kier molecular flexibility index (Phi) is 2.31. The molecule has 17 heavy (non-hydrogen) atoms. The van der Waals surface area contributed by atoms with Crippen molar-refractivity contribution in [1.29, 1.82) is 0 Å². The number of rotatable bonds is 1. The summed E-state index contributed by atoms with van der Waals surface area (Å²) in [5.41, 5.74) is 7.33. The predicted octanol–water partition coefficient (Wildman–Crippen LogP) is 1.56. The van der Waals surface area contributed by atoms with E-state index in [1.54, 1.807) is 12.1 Å². The summed E-state index contributed by atoms with van der Waals surface area (Å²) >= 11 is 0. The fraction of sp³-hybridized carbons (Fsp3) is 0.417. The zero-order chi connectivity index (χ0) is 11.8. The molecular weight excluding hydrogens is 216 g/mol. The van der Waals surface area contributed by atoms with Crippen molar-refractivity contribution in [2.24, 2.45) is 0 Å². The number of nitrogens with one attached hydrogen (secondary N) is 1. The molecule has 0 bridgehead atoms. The summed E-state index contributed by atoms with van der Waals surface area (Å²) in [6.45, 7) is 0. The Morgan fingerprint density at radius 1 is 1.24 bits per heavy atom. The van der Waals surface area contributed by atoms with E-state index >= 15 is 0 Å². The van der Waals surface area contributed by atoms with Gasteiger partial charge in [0.25, 0.3) is 5.56 Å². The van der Waals surface area contributed by atoms with Crippen LogP contribution in [0.15, 0.2) is 16.9 Å². The lowest BCUT2D eigenvalue weighted by atomic mass is 10.0. The highest BCUT2D eigenvalue weighted by Crippen LogP contribution is 2.31. The van der Waals surface area contributed by atoms with Crippen molar-refractivity contribution in [3.63, 3.8) is 0 Å². The van der Waals surface area contributed by atoms with Crippen LogP contribution in [-0.2, 0) is 0 Å². The van der Waals surface area contributed by atoms with E-state index in [9.17, 15) is 4.79 Å². The SMILES string of the molecule is Nc1ccc2[nH]c(=O)c(C3CCCC3)nc2n1. The molecule has 3 rings (SSSR count). The molecule has 0 spiro atoms. The van der Waals surface area contributed by atoms with Crippen LogP contribution in [0.1, 0.15) is 37.3 Å². The molecule has 2 heterocycles. The van der Waals surface area contributed by atoms with Crippen molar-refractivity contribution < 1.29 is 0 Å². The number of aromatic amines is 1. The van der Waals surface area contributed by atoms with Crippen LogP contribution in [0.4, 0.5) is 5.82 Å². The predicted molar refractivity (Wildman–Crippen MR) is 65.8 cm³/mol. The van der Waals surface area contributed by atoms with Gasteiger partial charge in [0.2, 0.25) is 0 Å². The number of anilines is 1. The lowest BCUT2D eigenvalue weighted by Gasteiger charge is -2.07. The second kappa shape index (κ2) is 3.84. The number of fused-ring (bicyclic) bond motifs is 1. The Hall–Kier alpha value is -1.91. The van der Waals surface area contributed by atoms with Gasteiger partial charge in [0, 0.05) is 5.92 Å². The second-order valence-electron chi connectivity index (χ2n) is 4.54. The maximum Gasteiger partial charge on any atom is 0.270 e. The van der Waals surface area contributed by atoms with Gasteiger partial charge in [0.1, 0.15) is 11.5 Å². The van der Waals surface area contributed by atoms with E-state index in [4.69, 9.17) is 5.73 Å². The molecule has 1 aliphatic rings. The first-order valence-corrected chi connectivity index (χ1v) is 5.90. The molecule has 88 valence electrons. The minimum Gasteiger partial charge on any atom is -0.384 e. The summed E-state index contributed by atoms with van der Waals surface area (Å²) < 4.78 is 0. The van der Waals surface area contributed by atoms with E-state index in [0.29, 0.717) is 22.7 Å². The van der Waals surface area contributed by atoms with Crippen LogP contribution in [0, 0.1) is 0 Å². The number of nitrogen functional groups attached to an aromatic ring is 1. The molecule has 0 unspecified atom stereocenters. The molecule has 0 amide bonds. The summed E-state index contributed by atoms with van der Waals surface area (Å²) in [4.78, 5) is 23.3. The highest BCUT2D eigenvalue weighted by atomic mass is 16.1. The van der Waals surface area contributed by atoms with E-state index in [-0.39, 0.29) is 11.5 Å². The van der Waals surface area contributed by atoms with Crippen molar-refractivity contribution in [2.75, 3.05) is 5.73 Å². The van der Waals surface area contributed by atoms with Gasteiger partial charge in [-0.3, -0.25) is 4.79 Å². The number of hydrogen-bond donors (Lipinski definition) is 2. The number of nitrogens with zero attached hydrogens (tertiary/aromatic N) is 2. The number of aromatic nitrogens is 3. The third-order valence-corrected chi connectivity index (χ3v) is 3.35. The van der Waals surface area contributed by atoms with Gasteiger partial charge in [0.05, 0.1) is 5.52 Å². The number of H-pyrrole nitrogens is 1. The van der Waals surface area contributed by atoms with E-state index in [1.807, 2.05) is 0 Å². The molecule has 1 fully saturated rings. The largest absolute Gasteiger partial charge is 0.384 e. The fourth-order valence-corrected chi connectivity index (χ4v) is 2.47. The Balaban J connectivity index is 2.18. The Bertz CT molecular complexity index is 613. The molecule has 0 aliphatic heterocycles. The van der Waals surface area contributed by atoms with Gasteiger partial charge in [-0.1, -0.05) is 12.8 Å². The number of hydrogen-bond acceptors (Lipinski definition) is 4. The smallest absolute Gasteiger partial charge is 0.270 e. The van der Waals surface area contributed by atoms with E-state index in [2.05, 4.69) is 15.0 Å². The normalized spacial score (nSPS) is 16.7. The summed E-state index contributed by atoms with van der Waals surface area (Å²) in [6, 6.07) is 3.40. The quantitative estimate of drug-likeness (QED) is 0.778. The molecule has 5 nitrogen and oxygen atoms in total. The van der Waals surface area contributed by atoms with Gasteiger partial charge in [-0.15, -0.1) is 0 Å². The van der Waals surface area contributed by atoms with E-state index in [0.717, 1.165) is 12.8 Å². The Morgan fingerprint density at radius 2 is 2.00 bits per heavy atom. The second-order valence-corrected chi connectivity index (χ2v) is 4.54. The van der Waals surface area contributed by atoms with Crippen molar-refractivity contribution in [1.82, 2.24) is 15.0 Å². The van der Waals surface area contributed by atoms with Crippen LogP contribution in [0.2, 0.25) is 0 Å². The summed E-state index contributed by atoms with van der Waals surface area (Å²) in [7, 11) is 0. The molecule has 5 heteroatoms. The van der Waals surface area contributed by atoms with Crippen molar-refractivity contribution >= 4 is 17.0 Å². The van der Waals surface area contributed by atoms with Crippen molar-refractivity contribution in [3.8, 4) is 0 Å². The Morgan fingerprint density at radius 3 is 2.76 bits per heavy atom. The molecule has 0 saturated heterocycles. The van der Waals surface area contributed by atoms with Gasteiger partial charge < -0.3 is 10.7 Å². The molecule has 0 atom stereocenters. The van der Waals surface area contributed by atoms with Crippen molar-refractivity contribution in [3.05, 3.63) is 28.2 Å². The van der Waals surface area contributed by atoms with Crippen LogP contribution in [0.25, 0.3) is 11.2 Å². The zero-order valence-electron chi connectivity index (χ0n) is 9.44. The minimum atomic E-state index is -0.0871. The summed E-state index contributed by atoms with van der Waals surface area (Å²) in [5, 5.41) is 0. The Labute approximate surface area is 98.1 Å². The highest BCUT2D eigenvalue weighted by Gasteiger charge is 2.21. The topological polar surface area (TPSA) is 84.7 Å². The first-order valence-electron chi connectivity index (χ1n) is 5.90. The first kappa shape index (κ1) is 10.3. The molecule has 0 radical (unpaired) electrons. The highest BCUT2D eigenvalue weighted by molar-refractivity contribution is 5.71. The van der Waals surface area contributed by atoms with Gasteiger partial charge in [-0.25, -0.2) is 9.97 Å². The summed E-state index contributed by atoms with van der Waals surface area (Å²) in [5.74, 6) is 0.709. The average molecular weight is 230 g/mol. The van der Waals surface area contributed by atoms with Crippen LogP contribution < -0.4 is 11.3 Å². The minimum absolute atomic E-state index is 0.0871. The molecule has 1 saturated carbocycles. The molecule has 1 aliphatic carbocycles. The molecular formula is C12H14N4O. The van der Waals surface area contributed by atoms with Gasteiger partial charge >= 0.3 is 0 Å². The van der Waals surface area contributed by atoms with Crippen molar-refractivity contribution in [2.45, 2.75) is 31.6 Å². The lowest BCUT2D eigenvalue weighted by Crippen LogP contribution is -2.18. The monoisotopic (exact) mass is 230 g/mol. The average Bonchev–Trinajstić information content (AvgIpc) is 2.82. The van der Waals surface area contributed by atoms with Crippen LogP contribution in [0.5, 0.6) is 0 Å². The van der Waals surface area contributed by atoms with Gasteiger partial charge in [-0.05, 0) is 25.0 Å². The van der Waals surface area contributed by atoms with Gasteiger partial charge in [0.15, 0.2) is 5.65 Å². The lowest BCUT2D eigenvalue weighted by molar-refractivity contribution is 0.688. The number of pyridine rings is 1. The number of nitrogens with two attached hydrogens (primary N) is 1. The molecule has 2 aromatic rings. The summed E-state index contributed by atoms with van der Waals surface area (Å²) in [6.07, 6.45) is 4.44. The third-order valence-electron chi connectivity index (χ3n) is 3.35. The maximum atomic E-state index is 11.9.